The number of nitrogens with zero attached hydrogens (tertiary/aromatic N) is 1. The lowest BCUT2D eigenvalue weighted by atomic mass is 9.92. The van der Waals surface area contributed by atoms with Gasteiger partial charge >= 0.3 is 0 Å². The van der Waals surface area contributed by atoms with E-state index in [1.807, 2.05) is 13.8 Å². The van der Waals surface area contributed by atoms with Crippen LogP contribution in [0.3, 0.4) is 0 Å². The molecule has 2 rings (SSSR count). The summed E-state index contributed by atoms with van der Waals surface area (Å²) >= 11 is 0. The fourth-order valence-corrected chi connectivity index (χ4v) is 4.52. The zero-order valence-electron chi connectivity index (χ0n) is 10.4. The van der Waals surface area contributed by atoms with Crippen LogP contribution in [0.4, 0.5) is 0 Å². The fraction of sp³-hybridized carbons (Fsp3) is 0.909. The summed E-state index contributed by atoms with van der Waals surface area (Å²) in [5.74, 6) is 0.174. The smallest absolute Gasteiger partial charge is 0.230 e. The lowest BCUT2D eigenvalue weighted by Crippen LogP contribution is -2.48. The van der Waals surface area contributed by atoms with Gasteiger partial charge in [0.2, 0.25) is 5.91 Å². The third-order valence-electron chi connectivity index (χ3n) is 3.58. The lowest BCUT2D eigenvalue weighted by molar-refractivity contribution is -0.139. The van der Waals surface area contributed by atoms with Crippen molar-refractivity contribution in [3.63, 3.8) is 0 Å². The zero-order chi connectivity index (χ0) is 12.7. The molecule has 2 aliphatic heterocycles. The van der Waals surface area contributed by atoms with Gasteiger partial charge in [-0.2, -0.15) is 0 Å². The van der Waals surface area contributed by atoms with Gasteiger partial charge in [0.05, 0.1) is 11.2 Å². The Morgan fingerprint density at radius 1 is 1.41 bits per heavy atom. The predicted octanol–water partition coefficient (Wildman–Crippen LogP) is -0.0209. The first-order valence-electron chi connectivity index (χ1n) is 6.08. The van der Waals surface area contributed by atoms with Crippen LogP contribution in [0.25, 0.3) is 0 Å². The molecule has 0 aromatic carbocycles. The largest absolute Gasteiger partial charge is 0.324 e. The molecular formula is C11H20N2O3S. The Labute approximate surface area is 102 Å². The first kappa shape index (κ1) is 12.8. The van der Waals surface area contributed by atoms with Crippen molar-refractivity contribution in [3.05, 3.63) is 0 Å². The van der Waals surface area contributed by atoms with Gasteiger partial charge in [-0.1, -0.05) is 0 Å². The van der Waals surface area contributed by atoms with Crippen molar-refractivity contribution in [2.75, 3.05) is 25.4 Å². The van der Waals surface area contributed by atoms with Crippen molar-refractivity contribution in [2.45, 2.75) is 32.1 Å². The highest BCUT2D eigenvalue weighted by Gasteiger charge is 2.43. The van der Waals surface area contributed by atoms with Crippen LogP contribution in [0.5, 0.6) is 0 Å². The summed E-state index contributed by atoms with van der Waals surface area (Å²) in [5, 5.41) is 2.60. The Bertz CT molecular complexity index is 416. The van der Waals surface area contributed by atoms with Crippen molar-refractivity contribution >= 4 is 15.7 Å². The maximum atomic E-state index is 12.4. The maximum absolute atomic E-state index is 12.4. The number of sulfone groups is 1. The van der Waals surface area contributed by atoms with Gasteiger partial charge in [-0.05, 0) is 26.7 Å². The lowest BCUT2D eigenvalue weighted by Gasteiger charge is -2.32. The van der Waals surface area contributed by atoms with Gasteiger partial charge in [0.1, 0.15) is 5.37 Å². The van der Waals surface area contributed by atoms with Gasteiger partial charge in [0.15, 0.2) is 9.84 Å². The molecule has 2 heterocycles. The van der Waals surface area contributed by atoms with E-state index in [0.717, 1.165) is 0 Å². The van der Waals surface area contributed by atoms with Crippen LogP contribution in [0, 0.1) is 5.41 Å². The Kier molecular flexibility index (Phi) is 3.20. The van der Waals surface area contributed by atoms with Crippen LogP contribution in [0.15, 0.2) is 0 Å². The third kappa shape index (κ3) is 2.33. The van der Waals surface area contributed by atoms with Crippen molar-refractivity contribution in [2.24, 2.45) is 5.41 Å². The minimum absolute atomic E-state index is 0.0435. The molecule has 0 bridgehead atoms. The number of amides is 1. The summed E-state index contributed by atoms with van der Waals surface area (Å²) in [5.41, 5.74) is -0.519. The molecule has 2 fully saturated rings. The van der Waals surface area contributed by atoms with E-state index in [2.05, 4.69) is 5.32 Å². The van der Waals surface area contributed by atoms with E-state index in [-0.39, 0.29) is 11.7 Å². The summed E-state index contributed by atoms with van der Waals surface area (Å²) in [6, 6.07) is 0. The summed E-state index contributed by atoms with van der Waals surface area (Å²) < 4.78 is 23.8. The van der Waals surface area contributed by atoms with Crippen LogP contribution in [0.1, 0.15) is 26.7 Å². The summed E-state index contributed by atoms with van der Waals surface area (Å²) in [7, 11) is -3.11. The molecule has 1 amide bonds. The molecule has 6 heteroatoms. The molecule has 0 radical (unpaired) electrons. The molecule has 98 valence electrons. The highest BCUT2D eigenvalue weighted by atomic mass is 32.2. The number of carbonyl (C=O) groups excluding carboxylic acids is 1. The molecular weight excluding hydrogens is 240 g/mol. The van der Waals surface area contributed by atoms with E-state index in [4.69, 9.17) is 0 Å². The summed E-state index contributed by atoms with van der Waals surface area (Å²) in [6.07, 6.45) is 1.26. The van der Waals surface area contributed by atoms with Crippen molar-refractivity contribution < 1.29 is 13.2 Å². The zero-order valence-corrected chi connectivity index (χ0v) is 11.2. The van der Waals surface area contributed by atoms with E-state index in [1.54, 1.807) is 4.90 Å². The molecule has 5 nitrogen and oxygen atoms in total. The highest BCUT2D eigenvalue weighted by Crippen LogP contribution is 2.28. The highest BCUT2D eigenvalue weighted by molar-refractivity contribution is 7.92. The van der Waals surface area contributed by atoms with E-state index in [9.17, 15) is 13.2 Å². The van der Waals surface area contributed by atoms with Gasteiger partial charge in [-0.15, -0.1) is 0 Å². The molecule has 0 aromatic rings. The number of rotatable bonds is 1. The standard InChI is InChI=1S/C11H20N2O3S/c1-11(2)8-12-5-6-13(10(11)14)9-4-3-7-17(9,15)16/h9,12H,3-8H2,1-2H3. The molecule has 2 saturated heterocycles. The van der Waals surface area contributed by atoms with Crippen LogP contribution >= 0.6 is 0 Å². The molecule has 17 heavy (non-hydrogen) atoms. The first-order valence-corrected chi connectivity index (χ1v) is 7.79. The molecule has 1 unspecified atom stereocenters. The Balaban J connectivity index is 2.28. The normalized spacial score (nSPS) is 32.5. The Morgan fingerprint density at radius 3 is 2.71 bits per heavy atom. The minimum atomic E-state index is -3.11. The number of hydrogen-bond donors (Lipinski definition) is 1. The topological polar surface area (TPSA) is 66.5 Å². The Hall–Kier alpha value is -0.620. The maximum Gasteiger partial charge on any atom is 0.230 e. The van der Waals surface area contributed by atoms with E-state index in [0.29, 0.717) is 32.5 Å². The monoisotopic (exact) mass is 260 g/mol. The van der Waals surface area contributed by atoms with Gasteiger partial charge in [0, 0.05) is 19.6 Å². The minimum Gasteiger partial charge on any atom is -0.324 e. The summed E-state index contributed by atoms with van der Waals surface area (Å²) in [4.78, 5) is 13.9. The van der Waals surface area contributed by atoms with Gasteiger partial charge < -0.3 is 10.2 Å². The second kappa shape index (κ2) is 4.24. The second-order valence-electron chi connectivity index (χ2n) is 5.52. The van der Waals surface area contributed by atoms with Crippen LogP contribution in [-0.4, -0.2) is 50.0 Å². The first-order chi connectivity index (χ1) is 7.84. The van der Waals surface area contributed by atoms with E-state index in [1.165, 1.54) is 0 Å². The molecule has 1 atom stereocenters. The van der Waals surface area contributed by atoms with E-state index < -0.39 is 20.6 Å². The van der Waals surface area contributed by atoms with Gasteiger partial charge in [-0.25, -0.2) is 8.42 Å². The molecule has 0 saturated carbocycles. The van der Waals surface area contributed by atoms with Gasteiger partial charge in [0.25, 0.3) is 0 Å². The predicted molar refractivity (Wildman–Crippen MR) is 65.2 cm³/mol. The molecule has 0 aliphatic carbocycles. The third-order valence-corrected chi connectivity index (χ3v) is 5.76. The van der Waals surface area contributed by atoms with Crippen LogP contribution < -0.4 is 5.32 Å². The molecule has 1 N–H and O–H groups in total. The fourth-order valence-electron chi connectivity index (χ4n) is 2.57. The molecule has 0 aromatic heterocycles. The second-order valence-corrected chi connectivity index (χ2v) is 7.80. The number of carbonyl (C=O) groups is 1. The van der Waals surface area contributed by atoms with Crippen molar-refractivity contribution in [1.29, 1.82) is 0 Å². The van der Waals surface area contributed by atoms with Crippen molar-refractivity contribution in [3.8, 4) is 0 Å². The number of nitrogens with one attached hydrogen (secondary N) is 1. The van der Waals surface area contributed by atoms with E-state index >= 15 is 0 Å². The average Bonchev–Trinajstić information content (AvgIpc) is 2.51. The quantitative estimate of drug-likeness (QED) is 0.719. The Morgan fingerprint density at radius 2 is 2.12 bits per heavy atom. The number of hydrogen-bond acceptors (Lipinski definition) is 4. The average molecular weight is 260 g/mol. The van der Waals surface area contributed by atoms with Crippen LogP contribution in [0.2, 0.25) is 0 Å². The van der Waals surface area contributed by atoms with Crippen LogP contribution in [-0.2, 0) is 14.6 Å². The van der Waals surface area contributed by atoms with Gasteiger partial charge in [-0.3, -0.25) is 4.79 Å². The SMILES string of the molecule is CC1(C)CNCCN(C2CCCS2(=O)=O)C1=O. The molecule has 0 spiro atoms. The van der Waals surface area contributed by atoms with Crippen molar-refractivity contribution in [1.82, 2.24) is 10.2 Å². The molecule has 2 aliphatic rings. The summed E-state index contributed by atoms with van der Waals surface area (Å²) in [6.45, 7) is 5.49.